The van der Waals surface area contributed by atoms with Gasteiger partial charge in [-0.15, -0.1) is 0 Å². The molecule has 0 bridgehead atoms. The van der Waals surface area contributed by atoms with E-state index in [0.29, 0.717) is 18.0 Å². The number of amides is 2. The van der Waals surface area contributed by atoms with Gasteiger partial charge in [-0.1, -0.05) is 36.4 Å². The van der Waals surface area contributed by atoms with Gasteiger partial charge in [-0.2, -0.15) is 0 Å². The van der Waals surface area contributed by atoms with E-state index in [4.69, 9.17) is 4.74 Å². The van der Waals surface area contributed by atoms with Crippen molar-refractivity contribution in [1.29, 1.82) is 0 Å². The second-order valence-corrected chi connectivity index (χ2v) is 6.38. The van der Waals surface area contributed by atoms with Gasteiger partial charge >= 0.3 is 6.03 Å². The maximum absolute atomic E-state index is 12.9. The molecule has 138 valence electrons. The van der Waals surface area contributed by atoms with Crippen molar-refractivity contribution in [2.24, 2.45) is 0 Å². The maximum Gasteiger partial charge on any atom is 0.322 e. The molecule has 2 aromatic carbocycles. The van der Waals surface area contributed by atoms with Crippen LogP contribution >= 0.6 is 0 Å². The average molecular weight is 355 g/mol. The summed E-state index contributed by atoms with van der Waals surface area (Å²) in [5.41, 5.74) is 1.80. The lowest BCUT2D eigenvalue weighted by molar-refractivity contribution is -0.00156. The highest BCUT2D eigenvalue weighted by atomic mass is 16.5. The molecule has 6 nitrogen and oxygen atoms in total. The third-order valence-electron chi connectivity index (χ3n) is 4.88. The first-order valence-corrected chi connectivity index (χ1v) is 8.73. The summed E-state index contributed by atoms with van der Waals surface area (Å²) in [6, 6.07) is 16.8. The molecular formula is C20H25N3O3. The van der Waals surface area contributed by atoms with Gasteiger partial charge in [0.1, 0.15) is 5.75 Å². The number of nitrogens with zero attached hydrogens (tertiary/aromatic N) is 1. The lowest BCUT2D eigenvalue weighted by atomic mass is 9.75. The summed E-state index contributed by atoms with van der Waals surface area (Å²) in [5.74, 6) is 0.781. The summed E-state index contributed by atoms with van der Waals surface area (Å²) in [4.78, 5) is 14.6. The number of likely N-dealkylation sites (tertiary alicyclic amines) is 1. The zero-order valence-electron chi connectivity index (χ0n) is 15.1. The van der Waals surface area contributed by atoms with Gasteiger partial charge < -0.3 is 25.4 Å². The molecule has 6 heteroatoms. The zero-order chi connectivity index (χ0) is 18.5. The molecule has 1 heterocycles. The highest BCUT2D eigenvalue weighted by Gasteiger charge is 2.50. The number of benzene rings is 2. The number of urea groups is 1. The normalized spacial score (nSPS) is 21.8. The summed E-state index contributed by atoms with van der Waals surface area (Å²) in [6.07, 6.45) is 0. The quantitative estimate of drug-likeness (QED) is 0.743. The van der Waals surface area contributed by atoms with Crippen LogP contribution in [-0.2, 0) is 0 Å². The van der Waals surface area contributed by atoms with Crippen LogP contribution in [0.3, 0.4) is 0 Å². The first-order valence-electron chi connectivity index (χ1n) is 8.73. The number of ether oxygens (including phenoxy) is 1. The van der Waals surface area contributed by atoms with Gasteiger partial charge in [-0.05, 0) is 24.7 Å². The molecule has 0 unspecified atom stereocenters. The van der Waals surface area contributed by atoms with E-state index in [9.17, 15) is 9.90 Å². The number of carbonyl (C=O) groups is 1. The number of anilines is 1. The first-order chi connectivity index (χ1) is 12.7. The molecule has 1 fully saturated rings. The number of aliphatic hydroxyl groups excluding tert-OH is 1. The van der Waals surface area contributed by atoms with Gasteiger partial charge in [0, 0.05) is 24.2 Å². The Morgan fingerprint density at radius 3 is 2.58 bits per heavy atom. The van der Waals surface area contributed by atoms with Gasteiger partial charge in [0.15, 0.2) is 0 Å². The smallest absolute Gasteiger partial charge is 0.322 e. The average Bonchev–Trinajstić information content (AvgIpc) is 2.65. The Morgan fingerprint density at radius 2 is 1.92 bits per heavy atom. The second kappa shape index (κ2) is 8.21. The fraction of sp³-hybridized carbons (Fsp3) is 0.350. The summed E-state index contributed by atoms with van der Waals surface area (Å²) in [5, 5.41) is 16.0. The molecule has 2 aromatic rings. The Hall–Kier alpha value is -2.57. The Kier molecular flexibility index (Phi) is 5.75. The Labute approximate surface area is 153 Å². The van der Waals surface area contributed by atoms with Gasteiger partial charge in [0.2, 0.25) is 0 Å². The van der Waals surface area contributed by atoms with Crippen molar-refractivity contribution in [2.45, 2.75) is 18.0 Å². The number of hydrogen-bond acceptors (Lipinski definition) is 4. The van der Waals surface area contributed by atoms with Gasteiger partial charge in [-0.25, -0.2) is 4.79 Å². The fourth-order valence-corrected chi connectivity index (χ4v) is 3.69. The maximum atomic E-state index is 12.9. The summed E-state index contributed by atoms with van der Waals surface area (Å²) >= 11 is 0. The predicted octanol–water partition coefficient (Wildman–Crippen LogP) is 2.28. The van der Waals surface area contributed by atoms with Crippen molar-refractivity contribution in [3.63, 3.8) is 0 Å². The molecule has 26 heavy (non-hydrogen) atoms. The number of aliphatic hydroxyl groups is 1. The third kappa shape index (κ3) is 3.52. The summed E-state index contributed by atoms with van der Waals surface area (Å²) < 4.78 is 5.20. The van der Waals surface area contributed by atoms with Crippen molar-refractivity contribution < 1.29 is 14.6 Å². The lowest BCUT2D eigenvalue weighted by Gasteiger charge is -2.54. The molecule has 0 aromatic heterocycles. The fourth-order valence-electron chi connectivity index (χ4n) is 3.69. The first kappa shape index (κ1) is 18.2. The van der Waals surface area contributed by atoms with E-state index in [2.05, 4.69) is 10.6 Å². The number of likely N-dealkylation sites (N-methyl/N-ethyl adjacent to an activating group) is 1. The number of hydrogen-bond donors (Lipinski definition) is 3. The Balaban J connectivity index is 1.79. The molecule has 0 saturated carbocycles. The van der Waals surface area contributed by atoms with E-state index in [1.165, 1.54) is 0 Å². The SMILES string of the molecule is CNC[C@@H]1[C@H](c2ccccc2)[C@H](CO)N1C(=O)Nc1cccc(OC)c1. The van der Waals surface area contributed by atoms with Crippen molar-refractivity contribution >= 4 is 11.7 Å². The molecule has 0 radical (unpaired) electrons. The Morgan fingerprint density at radius 1 is 1.15 bits per heavy atom. The summed E-state index contributed by atoms with van der Waals surface area (Å²) in [7, 11) is 3.46. The molecule has 0 spiro atoms. The van der Waals surface area contributed by atoms with Crippen LogP contribution in [0.15, 0.2) is 54.6 Å². The zero-order valence-corrected chi connectivity index (χ0v) is 15.1. The van der Waals surface area contributed by atoms with Crippen LogP contribution in [-0.4, -0.2) is 55.4 Å². The standard InChI is InChI=1S/C20H25N3O3/c1-21-12-17-19(14-7-4-3-5-8-14)18(13-24)23(17)20(25)22-15-9-6-10-16(11-15)26-2/h3-11,17-19,21,24H,12-13H2,1-2H3,(H,22,25)/t17-,18+,19+/m1/s1. The van der Waals surface area contributed by atoms with Crippen LogP contribution in [0, 0.1) is 0 Å². The van der Waals surface area contributed by atoms with Crippen LogP contribution in [0.2, 0.25) is 0 Å². The minimum Gasteiger partial charge on any atom is -0.497 e. The second-order valence-electron chi connectivity index (χ2n) is 6.38. The van der Waals surface area contributed by atoms with Crippen LogP contribution in [0.5, 0.6) is 5.75 Å². The number of carbonyl (C=O) groups excluding carboxylic acids is 1. The third-order valence-corrected chi connectivity index (χ3v) is 4.88. The van der Waals surface area contributed by atoms with E-state index in [0.717, 1.165) is 5.56 Å². The summed E-state index contributed by atoms with van der Waals surface area (Å²) in [6.45, 7) is 0.576. The molecule has 3 atom stereocenters. The molecule has 1 aliphatic heterocycles. The van der Waals surface area contributed by atoms with Crippen molar-refractivity contribution in [3.05, 3.63) is 60.2 Å². The van der Waals surface area contributed by atoms with Gasteiger partial charge in [0.05, 0.1) is 25.8 Å². The van der Waals surface area contributed by atoms with E-state index in [1.807, 2.05) is 55.6 Å². The van der Waals surface area contributed by atoms with E-state index < -0.39 is 0 Å². The minimum absolute atomic E-state index is 0.0230. The largest absolute Gasteiger partial charge is 0.497 e. The molecule has 1 aliphatic rings. The Bertz CT molecular complexity index is 738. The van der Waals surface area contributed by atoms with E-state index in [-0.39, 0.29) is 30.6 Å². The molecular weight excluding hydrogens is 330 g/mol. The molecule has 1 saturated heterocycles. The predicted molar refractivity (Wildman–Crippen MR) is 102 cm³/mol. The monoisotopic (exact) mass is 355 g/mol. The van der Waals surface area contributed by atoms with E-state index in [1.54, 1.807) is 18.1 Å². The topological polar surface area (TPSA) is 73.8 Å². The molecule has 3 N–H and O–H groups in total. The number of rotatable bonds is 6. The van der Waals surface area contributed by atoms with Crippen LogP contribution < -0.4 is 15.4 Å². The van der Waals surface area contributed by atoms with E-state index >= 15 is 0 Å². The van der Waals surface area contributed by atoms with Crippen LogP contribution in [0.1, 0.15) is 11.5 Å². The van der Waals surface area contributed by atoms with Crippen molar-refractivity contribution in [3.8, 4) is 5.75 Å². The molecule has 0 aliphatic carbocycles. The lowest BCUT2D eigenvalue weighted by Crippen LogP contribution is -2.69. The highest BCUT2D eigenvalue weighted by molar-refractivity contribution is 5.91. The van der Waals surface area contributed by atoms with Crippen molar-refractivity contribution in [1.82, 2.24) is 10.2 Å². The minimum atomic E-state index is -0.249. The van der Waals surface area contributed by atoms with Crippen LogP contribution in [0.25, 0.3) is 0 Å². The molecule has 3 rings (SSSR count). The van der Waals surface area contributed by atoms with Gasteiger partial charge in [-0.3, -0.25) is 0 Å². The van der Waals surface area contributed by atoms with Crippen molar-refractivity contribution in [2.75, 3.05) is 32.6 Å². The van der Waals surface area contributed by atoms with Gasteiger partial charge in [0.25, 0.3) is 0 Å². The number of methoxy groups -OCH3 is 1. The van der Waals surface area contributed by atoms with Crippen LogP contribution in [0.4, 0.5) is 10.5 Å². The molecule has 2 amide bonds. The number of nitrogens with one attached hydrogen (secondary N) is 2. The highest BCUT2D eigenvalue weighted by Crippen LogP contribution is 2.40.